The lowest BCUT2D eigenvalue weighted by atomic mass is 10.1. The maximum absolute atomic E-state index is 14.8. The second-order valence-corrected chi connectivity index (χ2v) is 9.08. The first-order valence-corrected chi connectivity index (χ1v) is 11.9. The summed E-state index contributed by atoms with van der Waals surface area (Å²) in [5.74, 6) is -0.612. The van der Waals surface area contributed by atoms with Crippen LogP contribution in [0, 0.1) is 17.0 Å². The molecule has 0 amide bonds. The van der Waals surface area contributed by atoms with Gasteiger partial charge in [-0.3, -0.25) is 4.68 Å². The van der Waals surface area contributed by atoms with Crippen LogP contribution in [-0.2, 0) is 11.3 Å². The molecule has 1 saturated heterocycles. The highest BCUT2D eigenvalue weighted by Crippen LogP contribution is 2.33. The molecule has 1 fully saturated rings. The molecule has 0 spiro atoms. The van der Waals surface area contributed by atoms with Crippen LogP contribution < -0.4 is 10.2 Å². The first-order chi connectivity index (χ1) is 16.8. The van der Waals surface area contributed by atoms with Crippen LogP contribution in [0.25, 0.3) is 11.3 Å². The lowest BCUT2D eigenvalue weighted by Crippen LogP contribution is -2.43. The van der Waals surface area contributed by atoms with Gasteiger partial charge in [0.05, 0.1) is 30.1 Å². The number of aryl methyl sites for hydroxylation is 1. The van der Waals surface area contributed by atoms with Crippen molar-refractivity contribution in [1.29, 1.82) is 5.41 Å². The van der Waals surface area contributed by atoms with E-state index < -0.39 is 11.6 Å². The second kappa shape index (κ2) is 10.5. The predicted octanol–water partition coefficient (Wildman–Crippen LogP) is 4.81. The lowest BCUT2D eigenvalue weighted by molar-refractivity contribution is -0.0179. The summed E-state index contributed by atoms with van der Waals surface area (Å²) >= 11 is 0. The number of aromatic nitrogens is 4. The van der Waals surface area contributed by atoms with Crippen LogP contribution in [0.2, 0.25) is 0 Å². The number of halogens is 2. The summed E-state index contributed by atoms with van der Waals surface area (Å²) in [5, 5.41) is 15.6. The molecular weight excluding hydrogens is 452 g/mol. The number of nitrogens with one attached hydrogen (secondary N) is 2. The van der Waals surface area contributed by atoms with Gasteiger partial charge in [-0.1, -0.05) is 6.92 Å². The summed E-state index contributed by atoms with van der Waals surface area (Å²) in [5.41, 5.74) is 1.65. The minimum Gasteiger partial charge on any atom is -0.367 e. The molecule has 1 aromatic carbocycles. The molecule has 0 bridgehead atoms. The summed E-state index contributed by atoms with van der Waals surface area (Å²) in [4.78, 5) is 11.4. The molecule has 0 aliphatic carbocycles. The zero-order chi connectivity index (χ0) is 25.1. The van der Waals surface area contributed by atoms with E-state index in [2.05, 4.69) is 22.3 Å². The minimum absolute atomic E-state index is 0.0168. The van der Waals surface area contributed by atoms with E-state index in [1.165, 1.54) is 12.1 Å². The molecule has 2 atom stereocenters. The Morgan fingerprint density at radius 2 is 2.06 bits per heavy atom. The van der Waals surface area contributed by atoms with Crippen LogP contribution in [0.5, 0.6) is 0 Å². The molecule has 2 aromatic heterocycles. The van der Waals surface area contributed by atoms with Crippen LogP contribution in [-0.4, -0.2) is 51.2 Å². The van der Waals surface area contributed by atoms with E-state index in [1.807, 2.05) is 42.7 Å². The largest absolute Gasteiger partial charge is 0.367 e. The van der Waals surface area contributed by atoms with E-state index in [0.29, 0.717) is 30.4 Å². The Hall–Kier alpha value is -3.40. The molecule has 3 aromatic rings. The molecule has 1 aliphatic rings. The van der Waals surface area contributed by atoms with Crippen LogP contribution in [0.3, 0.4) is 0 Å². The lowest BCUT2D eigenvalue weighted by Gasteiger charge is -2.37. The van der Waals surface area contributed by atoms with Gasteiger partial charge in [0.2, 0.25) is 5.95 Å². The van der Waals surface area contributed by atoms with Crippen molar-refractivity contribution >= 4 is 18.0 Å². The summed E-state index contributed by atoms with van der Waals surface area (Å²) in [6, 6.07) is 3.37. The summed E-state index contributed by atoms with van der Waals surface area (Å²) in [7, 11) is 0. The molecule has 8 nitrogen and oxygen atoms in total. The van der Waals surface area contributed by atoms with Crippen molar-refractivity contribution in [2.24, 2.45) is 0 Å². The average molecular weight is 484 g/mol. The van der Waals surface area contributed by atoms with E-state index >= 15 is 0 Å². The summed E-state index contributed by atoms with van der Waals surface area (Å²) in [6.45, 7) is 9.84. The van der Waals surface area contributed by atoms with Crippen molar-refractivity contribution in [3.8, 4) is 11.3 Å². The van der Waals surface area contributed by atoms with E-state index in [0.717, 1.165) is 30.8 Å². The smallest absolute Gasteiger partial charge is 0.228 e. The predicted molar refractivity (Wildman–Crippen MR) is 132 cm³/mol. The Labute approximate surface area is 203 Å². The van der Waals surface area contributed by atoms with Crippen molar-refractivity contribution in [3.63, 3.8) is 0 Å². The number of anilines is 2. The van der Waals surface area contributed by atoms with E-state index in [9.17, 15) is 8.78 Å². The van der Waals surface area contributed by atoms with Crippen molar-refractivity contribution in [2.75, 3.05) is 23.3 Å². The maximum atomic E-state index is 14.8. The topological polar surface area (TPSA) is 92.0 Å². The van der Waals surface area contributed by atoms with Gasteiger partial charge in [-0.2, -0.15) is 10.1 Å². The van der Waals surface area contributed by atoms with Gasteiger partial charge in [0.15, 0.2) is 0 Å². The van der Waals surface area contributed by atoms with Crippen LogP contribution >= 0.6 is 0 Å². The number of nitrogens with zero attached hydrogens (tertiary/aromatic N) is 5. The van der Waals surface area contributed by atoms with Gasteiger partial charge in [0, 0.05) is 48.7 Å². The summed E-state index contributed by atoms with van der Waals surface area (Å²) < 4.78 is 36.5. The number of benzene rings is 1. The van der Waals surface area contributed by atoms with E-state index in [-0.39, 0.29) is 29.5 Å². The fourth-order valence-electron chi connectivity index (χ4n) is 4.20. The Balaban J connectivity index is 1.76. The number of hydrogen-bond acceptors (Lipinski definition) is 7. The van der Waals surface area contributed by atoms with Gasteiger partial charge >= 0.3 is 0 Å². The quantitative estimate of drug-likeness (QED) is 0.447. The Morgan fingerprint density at radius 1 is 1.26 bits per heavy atom. The molecule has 4 rings (SSSR count). The van der Waals surface area contributed by atoms with Crippen molar-refractivity contribution in [2.45, 2.75) is 58.9 Å². The number of rotatable bonds is 8. The number of ether oxygens (including phenoxy) is 1. The highest BCUT2D eigenvalue weighted by atomic mass is 19.1. The second-order valence-electron chi connectivity index (χ2n) is 9.08. The Bertz CT molecular complexity index is 1200. The van der Waals surface area contributed by atoms with Crippen molar-refractivity contribution in [3.05, 3.63) is 53.4 Å². The zero-order valence-electron chi connectivity index (χ0n) is 20.4. The molecule has 0 radical (unpaired) electrons. The van der Waals surface area contributed by atoms with E-state index in [1.54, 1.807) is 0 Å². The third-order valence-corrected chi connectivity index (χ3v) is 5.71. The van der Waals surface area contributed by atoms with Crippen LogP contribution in [0.15, 0.2) is 30.6 Å². The molecule has 0 saturated carbocycles. The van der Waals surface area contributed by atoms with Gasteiger partial charge in [-0.25, -0.2) is 13.8 Å². The third-order valence-electron chi connectivity index (χ3n) is 5.71. The molecule has 3 heterocycles. The monoisotopic (exact) mass is 483 g/mol. The van der Waals surface area contributed by atoms with Gasteiger partial charge in [0.25, 0.3) is 0 Å². The first-order valence-electron chi connectivity index (χ1n) is 11.9. The number of morpholine rings is 1. The van der Waals surface area contributed by atoms with Crippen LogP contribution in [0.4, 0.5) is 20.5 Å². The van der Waals surface area contributed by atoms with Gasteiger partial charge in [0.1, 0.15) is 23.6 Å². The molecule has 2 N–H and O–H groups in total. The minimum atomic E-state index is -0.746. The average Bonchev–Trinajstić information content (AvgIpc) is 3.27. The highest BCUT2D eigenvalue weighted by molar-refractivity contribution is 5.93. The third kappa shape index (κ3) is 5.48. The van der Waals surface area contributed by atoms with Crippen molar-refractivity contribution in [1.82, 2.24) is 19.7 Å². The molecule has 35 heavy (non-hydrogen) atoms. The molecule has 10 heteroatoms. The molecule has 2 unspecified atom stereocenters. The Kier molecular flexibility index (Phi) is 7.39. The standard InChI is InChI=1S/C25H31F2N7O/c1-5-8-34-13-17(11-29-34)22-14-33(12-16(4)35-22)25-31-23(19-7-6-18(26)9-21(19)27)20(10-28)24(32-25)30-15(2)3/h6-7,9-11,13,15-16,22,28H,5,8,12,14H2,1-4H3,(H,30,31,32). The SMILES string of the molecule is CCCn1cc(C2CN(c3nc(NC(C)C)c(C=N)c(-c4ccc(F)cc4F)n3)CC(C)O2)cn1. The first kappa shape index (κ1) is 24.7. The molecule has 1 aliphatic heterocycles. The van der Waals surface area contributed by atoms with E-state index in [4.69, 9.17) is 15.1 Å². The van der Waals surface area contributed by atoms with Gasteiger partial charge in [-0.15, -0.1) is 0 Å². The molecular formula is C25H31F2N7O. The normalized spacial score (nSPS) is 18.2. The fraction of sp³-hybridized carbons (Fsp3) is 0.440. The summed E-state index contributed by atoms with van der Waals surface area (Å²) in [6.07, 6.45) is 5.55. The van der Waals surface area contributed by atoms with Gasteiger partial charge < -0.3 is 20.4 Å². The highest BCUT2D eigenvalue weighted by Gasteiger charge is 2.30. The van der Waals surface area contributed by atoms with Gasteiger partial charge in [-0.05, 0) is 39.3 Å². The fourth-order valence-corrected chi connectivity index (χ4v) is 4.20. The van der Waals surface area contributed by atoms with Crippen molar-refractivity contribution < 1.29 is 13.5 Å². The maximum Gasteiger partial charge on any atom is 0.228 e. The zero-order valence-corrected chi connectivity index (χ0v) is 20.4. The molecule has 186 valence electrons. The number of hydrogen-bond donors (Lipinski definition) is 2. The van der Waals surface area contributed by atoms with Crippen LogP contribution in [0.1, 0.15) is 51.3 Å². The Morgan fingerprint density at radius 3 is 2.74 bits per heavy atom.